The molecule has 0 aliphatic rings. The Morgan fingerprint density at radius 1 is 1.25 bits per heavy atom. The lowest BCUT2D eigenvalue weighted by Crippen LogP contribution is -2.13. The number of rotatable bonds is 4. The second-order valence-corrected chi connectivity index (χ2v) is 5.13. The van der Waals surface area contributed by atoms with Crippen LogP contribution in [0.1, 0.15) is 6.92 Å². The zero-order valence-electron chi connectivity index (χ0n) is 7.10. The van der Waals surface area contributed by atoms with E-state index in [0.29, 0.717) is 6.54 Å². The molecule has 1 rings (SSSR count). The van der Waals surface area contributed by atoms with Gasteiger partial charge >= 0.3 is 0 Å². The molecule has 0 radical (unpaired) electrons. The summed E-state index contributed by atoms with van der Waals surface area (Å²) < 4.78 is 24.0. The Balaban J connectivity index is 2.47. The average Bonchev–Trinajstić information content (AvgIpc) is 2.53. The van der Waals surface area contributed by atoms with Gasteiger partial charge in [-0.3, -0.25) is 0 Å². The highest BCUT2D eigenvalue weighted by Crippen LogP contribution is 1.94. The van der Waals surface area contributed by atoms with Crippen molar-refractivity contribution in [1.82, 2.24) is 4.57 Å². The van der Waals surface area contributed by atoms with Crippen molar-refractivity contribution < 1.29 is 8.42 Å². The standard InChI is InChI=1S/C8H13NO2S/c1-2-12(10,11)8-7-9-5-3-4-6-9/h3-6H,2,7-8H2,1H3. The number of aromatic nitrogens is 1. The van der Waals surface area contributed by atoms with Crippen LogP contribution in [0, 0.1) is 0 Å². The molecule has 1 aromatic heterocycles. The van der Waals surface area contributed by atoms with Crippen molar-refractivity contribution >= 4 is 9.84 Å². The average molecular weight is 187 g/mol. The van der Waals surface area contributed by atoms with Crippen LogP contribution >= 0.6 is 0 Å². The highest BCUT2D eigenvalue weighted by molar-refractivity contribution is 7.91. The van der Waals surface area contributed by atoms with Crippen LogP contribution in [0.3, 0.4) is 0 Å². The van der Waals surface area contributed by atoms with E-state index >= 15 is 0 Å². The molecule has 1 heterocycles. The second-order valence-electron chi connectivity index (χ2n) is 2.66. The molecular weight excluding hydrogens is 174 g/mol. The van der Waals surface area contributed by atoms with E-state index < -0.39 is 9.84 Å². The largest absolute Gasteiger partial charge is 0.353 e. The van der Waals surface area contributed by atoms with E-state index in [1.807, 2.05) is 29.1 Å². The predicted octanol–water partition coefficient (Wildman–Crippen LogP) is 0.923. The third-order valence-corrected chi connectivity index (χ3v) is 3.45. The zero-order valence-corrected chi connectivity index (χ0v) is 7.92. The quantitative estimate of drug-likeness (QED) is 0.703. The Morgan fingerprint density at radius 2 is 1.83 bits per heavy atom. The molecule has 68 valence electrons. The summed E-state index contributed by atoms with van der Waals surface area (Å²) in [5, 5.41) is 0. The molecule has 12 heavy (non-hydrogen) atoms. The topological polar surface area (TPSA) is 39.1 Å². The summed E-state index contributed by atoms with van der Waals surface area (Å²) in [6, 6.07) is 3.77. The third-order valence-electron chi connectivity index (χ3n) is 1.77. The summed E-state index contributed by atoms with van der Waals surface area (Å²) in [4.78, 5) is 0. The summed E-state index contributed by atoms with van der Waals surface area (Å²) in [7, 11) is -2.82. The third kappa shape index (κ3) is 2.70. The summed E-state index contributed by atoms with van der Waals surface area (Å²) >= 11 is 0. The smallest absolute Gasteiger partial charge is 0.151 e. The zero-order chi connectivity index (χ0) is 9.03. The van der Waals surface area contributed by atoms with Gasteiger partial charge in [-0.2, -0.15) is 0 Å². The van der Waals surface area contributed by atoms with E-state index in [1.165, 1.54) is 0 Å². The maximum absolute atomic E-state index is 11.1. The predicted molar refractivity (Wildman–Crippen MR) is 48.8 cm³/mol. The number of hydrogen-bond donors (Lipinski definition) is 0. The molecular formula is C8H13NO2S. The minimum Gasteiger partial charge on any atom is -0.353 e. The molecule has 0 fully saturated rings. The Hall–Kier alpha value is -0.770. The molecule has 4 heteroatoms. The summed E-state index contributed by atoms with van der Waals surface area (Å²) in [5.41, 5.74) is 0. The van der Waals surface area contributed by atoms with Crippen LogP contribution < -0.4 is 0 Å². The van der Waals surface area contributed by atoms with Crippen LogP contribution in [-0.2, 0) is 16.4 Å². The SMILES string of the molecule is CCS(=O)(=O)CCn1cccc1. The molecule has 0 spiro atoms. The molecule has 0 aromatic carbocycles. The number of aryl methyl sites for hydroxylation is 1. The van der Waals surface area contributed by atoms with Crippen LogP contribution in [0.5, 0.6) is 0 Å². The lowest BCUT2D eigenvalue weighted by Gasteiger charge is -2.01. The van der Waals surface area contributed by atoms with Crippen LogP contribution in [0.2, 0.25) is 0 Å². The highest BCUT2D eigenvalue weighted by atomic mass is 32.2. The first-order valence-corrected chi connectivity index (χ1v) is 5.77. The van der Waals surface area contributed by atoms with Gasteiger partial charge in [0, 0.05) is 24.7 Å². The van der Waals surface area contributed by atoms with Gasteiger partial charge in [0.05, 0.1) is 5.75 Å². The lowest BCUT2D eigenvalue weighted by molar-refractivity contribution is 0.590. The lowest BCUT2D eigenvalue weighted by atomic mass is 10.7. The van der Waals surface area contributed by atoms with E-state index in [9.17, 15) is 8.42 Å². The fraction of sp³-hybridized carbons (Fsp3) is 0.500. The van der Waals surface area contributed by atoms with E-state index in [1.54, 1.807) is 6.92 Å². The Labute approximate surface area is 72.9 Å². The molecule has 0 saturated carbocycles. The second kappa shape index (κ2) is 3.76. The van der Waals surface area contributed by atoms with E-state index in [0.717, 1.165) is 0 Å². The van der Waals surface area contributed by atoms with E-state index in [-0.39, 0.29) is 11.5 Å². The summed E-state index contributed by atoms with van der Waals surface area (Å²) in [5.74, 6) is 0.465. The van der Waals surface area contributed by atoms with Crippen molar-refractivity contribution in [3.05, 3.63) is 24.5 Å². The van der Waals surface area contributed by atoms with Gasteiger partial charge in [-0.15, -0.1) is 0 Å². The fourth-order valence-electron chi connectivity index (χ4n) is 0.908. The van der Waals surface area contributed by atoms with Crippen LogP contribution in [-0.4, -0.2) is 24.5 Å². The molecule has 0 unspecified atom stereocenters. The van der Waals surface area contributed by atoms with Gasteiger partial charge in [-0.25, -0.2) is 8.42 Å². The van der Waals surface area contributed by atoms with Crippen LogP contribution in [0.4, 0.5) is 0 Å². The van der Waals surface area contributed by atoms with Crippen molar-refractivity contribution in [3.8, 4) is 0 Å². The molecule has 0 amide bonds. The molecule has 0 bridgehead atoms. The Bertz CT molecular complexity index is 313. The van der Waals surface area contributed by atoms with E-state index in [4.69, 9.17) is 0 Å². The van der Waals surface area contributed by atoms with Gasteiger partial charge in [-0.1, -0.05) is 6.92 Å². The first-order valence-electron chi connectivity index (χ1n) is 3.95. The van der Waals surface area contributed by atoms with Gasteiger partial charge in [0.2, 0.25) is 0 Å². The normalized spacial score (nSPS) is 11.8. The van der Waals surface area contributed by atoms with Gasteiger partial charge in [0.1, 0.15) is 0 Å². The Morgan fingerprint density at radius 3 is 2.33 bits per heavy atom. The number of nitrogens with zero attached hydrogens (tertiary/aromatic N) is 1. The van der Waals surface area contributed by atoms with Crippen molar-refractivity contribution in [2.24, 2.45) is 0 Å². The molecule has 0 N–H and O–H groups in total. The molecule has 0 saturated heterocycles. The van der Waals surface area contributed by atoms with Crippen molar-refractivity contribution in [3.63, 3.8) is 0 Å². The molecule has 0 aliphatic carbocycles. The Kier molecular flexibility index (Phi) is 2.92. The fourth-order valence-corrected chi connectivity index (χ4v) is 1.69. The monoisotopic (exact) mass is 187 g/mol. The maximum atomic E-state index is 11.1. The van der Waals surface area contributed by atoms with Crippen LogP contribution in [0.15, 0.2) is 24.5 Å². The molecule has 1 aromatic rings. The van der Waals surface area contributed by atoms with Gasteiger partial charge in [0.15, 0.2) is 9.84 Å². The van der Waals surface area contributed by atoms with E-state index in [2.05, 4.69) is 0 Å². The molecule has 0 atom stereocenters. The van der Waals surface area contributed by atoms with Crippen molar-refractivity contribution in [2.45, 2.75) is 13.5 Å². The minimum atomic E-state index is -2.82. The molecule has 3 nitrogen and oxygen atoms in total. The maximum Gasteiger partial charge on any atom is 0.151 e. The number of hydrogen-bond acceptors (Lipinski definition) is 2. The highest BCUT2D eigenvalue weighted by Gasteiger charge is 2.05. The van der Waals surface area contributed by atoms with Crippen molar-refractivity contribution in [2.75, 3.05) is 11.5 Å². The first kappa shape index (κ1) is 9.32. The number of sulfone groups is 1. The van der Waals surface area contributed by atoms with Gasteiger partial charge < -0.3 is 4.57 Å². The summed E-state index contributed by atoms with van der Waals surface area (Å²) in [6.07, 6.45) is 3.73. The first-order chi connectivity index (χ1) is 5.64. The van der Waals surface area contributed by atoms with Gasteiger partial charge in [-0.05, 0) is 12.1 Å². The van der Waals surface area contributed by atoms with Gasteiger partial charge in [0.25, 0.3) is 0 Å². The summed E-state index contributed by atoms with van der Waals surface area (Å²) in [6.45, 7) is 2.23. The van der Waals surface area contributed by atoms with Crippen molar-refractivity contribution in [1.29, 1.82) is 0 Å². The molecule has 0 aliphatic heterocycles. The van der Waals surface area contributed by atoms with Crippen LogP contribution in [0.25, 0.3) is 0 Å². The minimum absolute atomic E-state index is 0.230.